The maximum atomic E-state index is 12.6. The molecule has 6 nitrogen and oxygen atoms in total. The van der Waals surface area contributed by atoms with E-state index in [1.54, 1.807) is 49.4 Å². The highest BCUT2D eigenvalue weighted by molar-refractivity contribution is 6.30. The van der Waals surface area contributed by atoms with Gasteiger partial charge in [-0.2, -0.15) is 0 Å². The smallest absolute Gasteiger partial charge is 0.343 e. The molecule has 7 heteroatoms. The Labute approximate surface area is 165 Å². The summed E-state index contributed by atoms with van der Waals surface area (Å²) in [4.78, 5) is 39.5. The molecular formula is C21H17ClN2O4. The van der Waals surface area contributed by atoms with Crippen LogP contribution in [0.4, 0.5) is 5.69 Å². The first-order valence-electron chi connectivity index (χ1n) is 8.55. The Hall–Kier alpha value is -3.38. The van der Waals surface area contributed by atoms with Crippen LogP contribution in [0.1, 0.15) is 22.8 Å². The average Bonchev–Trinajstić information content (AvgIpc) is 2.68. The number of esters is 1. The standard InChI is InChI=1S/C21H17ClN2O4/c1-2-28-21(27)17-12-23-18-9-8-15(11-16(18)20(17)26)24-19(25)10-5-13-3-6-14(22)7-4-13/h3-12H,2H2,1H3,(H,23,26)(H,24,25)/b10-5+. The van der Waals surface area contributed by atoms with Gasteiger partial charge in [0.15, 0.2) is 0 Å². The summed E-state index contributed by atoms with van der Waals surface area (Å²) in [5, 5.41) is 3.59. The van der Waals surface area contributed by atoms with E-state index in [1.807, 2.05) is 0 Å². The number of hydrogen-bond acceptors (Lipinski definition) is 4. The highest BCUT2D eigenvalue weighted by Crippen LogP contribution is 2.16. The molecule has 1 amide bonds. The molecule has 2 N–H and O–H groups in total. The van der Waals surface area contributed by atoms with Crippen LogP contribution in [0.15, 0.2) is 59.5 Å². The van der Waals surface area contributed by atoms with Gasteiger partial charge in [0.2, 0.25) is 11.3 Å². The molecule has 0 saturated carbocycles. The van der Waals surface area contributed by atoms with Gasteiger partial charge >= 0.3 is 5.97 Å². The van der Waals surface area contributed by atoms with E-state index < -0.39 is 11.4 Å². The molecule has 0 atom stereocenters. The first kappa shape index (κ1) is 19.4. The van der Waals surface area contributed by atoms with Gasteiger partial charge in [0.25, 0.3) is 0 Å². The van der Waals surface area contributed by atoms with Crippen LogP contribution < -0.4 is 10.7 Å². The topological polar surface area (TPSA) is 88.3 Å². The third-order valence-corrected chi connectivity index (χ3v) is 4.19. The predicted molar refractivity (Wildman–Crippen MR) is 110 cm³/mol. The van der Waals surface area contributed by atoms with Crippen molar-refractivity contribution in [2.75, 3.05) is 11.9 Å². The van der Waals surface area contributed by atoms with Crippen LogP contribution in [0.5, 0.6) is 0 Å². The van der Waals surface area contributed by atoms with Crippen molar-refractivity contribution in [3.05, 3.63) is 81.1 Å². The van der Waals surface area contributed by atoms with E-state index in [-0.39, 0.29) is 23.5 Å². The van der Waals surface area contributed by atoms with Crippen LogP contribution in [0, 0.1) is 0 Å². The van der Waals surface area contributed by atoms with E-state index >= 15 is 0 Å². The number of amides is 1. The minimum atomic E-state index is -0.689. The minimum absolute atomic E-state index is 0.0829. The Morgan fingerprint density at radius 2 is 1.93 bits per heavy atom. The summed E-state index contributed by atoms with van der Waals surface area (Å²) < 4.78 is 4.89. The van der Waals surface area contributed by atoms with Gasteiger partial charge in [0.1, 0.15) is 5.56 Å². The second kappa shape index (κ2) is 8.54. The van der Waals surface area contributed by atoms with Crippen LogP contribution in [0.3, 0.4) is 0 Å². The van der Waals surface area contributed by atoms with Crippen molar-refractivity contribution in [1.82, 2.24) is 4.98 Å². The lowest BCUT2D eigenvalue weighted by atomic mass is 10.1. The van der Waals surface area contributed by atoms with Crippen molar-refractivity contribution in [2.45, 2.75) is 6.92 Å². The first-order chi connectivity index (χ1) is 13.5. The lowest BCUT2D eigenvalue weighted by Crippen LogP contribution is -2.18. The molecule has 3 rings (SSSR count). The zero-order valence-electron chi connectivity index (χ0n) is 15.0. The van der Waals surface area contributed by atoms with E-state index in [9.17, 15) is 14.4 Å². The lowest BCUT2D eigenvalue weighted by Gasteiger charge is -2.06. The number of carbonyl (C=O) groups is 2. The Balaban J connectivity index is 1.82. The fraction of sp³-hybridized carbons (Fsp3) is 0.0952. The number of benzene rings is 2. The van der Waals surface area contributed by atoms with Gasteiger partial charge in [0.05, 0.1) is 6.61 Å². The van der Waals surface area contributed by atoms with Crippen LogP contribution in [0.2, 0.25) is 5.02 Å². The molecule has 0 saturated heterocycles. The summed E-state index contributed by atoms with van der Waals surface area (Å²) in [5.41, 5.74) is 1.27. The number of anilines is 1. The number of pyridine rings is 1. The molecule has 1 heterocycles. The maximum Gasteiger partial charge on any atom is 0.343 e. The monoisotopic (exact) mass is 396 g/mol. The number of hydrogen-bond donors (Lipinski definition) is 2. The Kier molecular flexibility index (Phi) is 5.91. The second-order valence-electron chi connectivity index (χ2n) is 5.89. The number of H-pyrrole nitrogens is 1. The number of halogens is 1. The van der Waals surface area contributed by atoms with E-state index in [1.165, 1.54) is 18.3 Å². The summed E-state index contributed by atoms with van der Waals surface area (Å²) in [7, 11) is 0. The van der Waals surface area contributed by atoms with Crippen molar-refractivity contribution in [3.63, 3.8) is 0 Å². The third-order valence-electron chi connectivity index (χ3n) is 3.94. The van der Waals surface area contributed by atoms with Crippen molar-refractivity contribution in [3.8, 4) is 0 Å². The molecule has 28 heavy (non-hydrogen) atoms. The zero-order valence-corrected chi connectivity index (χ0v) is 15.7. The summed E-state index contributed by atoms with van der Waals surface area (Å²) in [5.74, 6) is -1.04. The fourth-order valence-corrected chi connectivity index (χ4v) is 2.71. The highest BCUT2D eigenvalue weighted by atomic mass is 35.5. The van der Waals surface area contributed by atoms with Gasteiger partial charge in [-0.3, -0.25) is 9.59 Å². The Bertz CT molecular complexity index is 1120. The number of carbonyl (C=O) groups excluding carboxylic acids is 2. The maximum absolute atomic E-state index is 12.6. The van der Waals surface area contributed by atoms with E-state index in [4.69, 9.17) is 16.3 Å². The molecule has 0 aliphatic rings. The fourth-order valence-electron chi connectivity index (χ4n) is 2.59. The van der Waals surface area contributed by atoms with Gasteiger partial charge in [-0.25, -0.2) is 4.79 Å². The minimum Gasteiger partial charge on any atom is -0.462 e. The quantitative estimate of drug-likeness (QED) is 0.503. The van der Waals surface area contributed by atoms with Crippen molar-refractivity contribution in [1.29, 1.82) is 0 Å². The molecule has 0 aliphatic heterocycles. The number of rotatable bonds is 5. The average molecular weight is 397 g/mol. The third kappa shape index (κ3) is 4.47. The number of fused-ring (bicyclic) bond motifs is 1. The number of ether oxygens (including phenoxy) is 1. The zero-order chi connectivity index (χ0) is 20.1. The van der Waals surface area contributed by atoms with Gasteiger partial charge < -0.3 is 15.0 Å². The summed E-state index contributed by atoms with van der Waals surface area (Å²) >= 11 is 5.83. The highest BCUT2D eigenvalue weighted by Gasteiger charge is 2.14. The van der Waals surface area contributed by atoms with E-state index in [0.29, 0.717) is 16.2 Å². The molecule has 142 valence electrons. The molecule has 1 aromatic heterocycles. The number of aromatic amines is 1. The normalized spacial score (nSPS) is 10.9. The first-order valence-corrected chi connectivity index (χ1v) is 8.93. The van der Waals surface area contributed by atoms with Crippen molar-refractivity contribution in [2.24, 2.45) is 0 Å². The second-order valence-corrected chi connectivity index (χ2v) is 6.32. The molecule has 0 radical (unpaired) electrons. The van der Waals surface area contributed by atoms with Gasteiger partial charge in [-0.1, -0.05) is 23.7 Å². The van der Waals surface area contributed by atoms with Gasteiger partial charge in [-0.05, 0) is 48.9 Å². The van der Waals surface area contributed by atoms with Crippen LogP contribution in [-0.4, -0.2) is 23.5 Å². The molecule has 3 aromatic rings. The molecule has 0 fully saturated rings. The molecule has 0 aliphatic carbocycles. The molecule has 0 spiro atoms. The summed E-state index contributed by atoms with van der Waals surface area (Å²) in [6.07, 6.45) is 4.36. The van der Waals surface area contributed by atoms with Gasteiger partial charge in [0, 0.05) is 33.9 Å². The Morgan fingerprint density at radius 3 is 2.64 bits per heavy atom. The number of aromatic nitrogens is 1. The van der Waals surface area contributed by atoms with Gasteiger partial charge in [-0.15, -0.1) is 0 Å². The summed E-state index contributed by atoms with van der Waals surface area (Å²) in [6.45, 7) is 1.84. The summed E-state index contributed by atoms with van der Waals surface area (Å²) in [6, 6.07) is 11.9. The van der Waals surface area contributed by atoms with Crippen molar-refractivity contribution < 1.29 is 14.3 Å². The van der Waals surface area contributed by atoms with Crippen LogP contribution >= 0.6 is 11.6 Å². The molecule has 2 aromatic carbocycles. The SMILES string of the molecule is CCOC(=O)c1c[nH]c2ccc(NC(=O)/C=C/c3ccc(Cl)cc3)cc2c1=O. The Morgan fingerprint density at radius 1 is 1.18 bits per heavy atom. The van der Waals surface area contributed by atoms with E-state index in [0.717, 1.165) is 5.56 Å². The largest absolute Gasteiger partial charge is 0.462 e. The molecular weight excluding hydrogens is 380 g/mol. The predicted octanol–water partition coefficient (Wildman–Crippen LogP) is 4.01. The van der Waals surface area contributed by atoms with Crippen LogP contribution in [0.25, 0.3) is 17.0 Å². The van der Waals surface area contributed by atoms with E-state index in [2.05, 4.69) is 10.3 Å². The number of nitrogens with one attached hydrogen (secondary N) is 2. The lowest BCUT2D eigenvalue weighted by molar-refractivity contribution is -0.111. The van der Waals surface area contributed by atoms with Crippen molar-refractivity contribution >= 4 is 46.1 Å². The van der Waals surface area contributed by atoms with Crippen LogP contribution in [-0.2, 0) is 9.53 Å². The molecule has 0 bridgehead atoms. The molecule has 0 unspecified atom stereocenters.